The third-order valence-corrected chi connectivity index (χ3v) is 2.78. The van der Waals surface area contributed by atoms with Crippen LogP contribution in [0.25, 0.3) is 0 Å². The predicted molar refractivity (Wildman–Crippen MR) is 76.0 cm³/mol. The molecule has 1 heterocycles. The van der Waals surface area contributed by atoms with Crippen LogP contribution in [0, 0.1) is 0 Å². The van der Waals surface area contributed by atoms with Crippen molar-refractivity contribution in [3.05, 3.63) is 47.8 Å². The molecule has 0 aliphatic heterocycles. The topological polar surface area (TPSA) is 39.1 Å². The third-order valence-electron chi connectivity index (χ3n) is 2.78. The zero-order chi connectivity index (χ0) is 13.5. The van der Waals surface area contributed by atoms with Gasteiger partial charge >= 0.3 is 0 Å². The van der Waals surface area contributed by atoms with Gasteiger partial charge in [-0.3, -0.25) is 4.68 Å². The summed E-state index contributed by atoms with van der Waals surface area (Å²) < 4.78 is 7.44. The van der Waals surface area contributed by atoms with Crippen LogP contribution in [0.4, 0.5) is 0 Å². The molecule has 4 nitrogen and oxygen atoms in total. The first-order valence-corrected chi connectivity index (χ1v) is 6.69. The van der Waals surface area contributed by atoms with Gasteiger partial charge in [0.15, 0.2) is 0 Å². The second-order valence-electron chi connectivity index (χ2n) is 4.58. The Kier molecular flexibility index (Phi) is 4.98. The molecule has 102 valence electrons. The number of aryl methyl sites for hydroxylation is 1. The van der Waals surface area contributed by atoms with Crippen LogP contribution in [-0.4, -0.2) is 16.4 Å². The minimum absolute atomic E-state index is 0.769. The Morgan fingerprint density at radius 1 is 1.26 bits per heavy atom. The minimum Gasteiger partial charge on any atom is -0.494 e. The number of rotatable bonds is 7. The molecular weight excluding hydrogens is 238 g/mol. The fourth-order valence-corrected chi connectivity index (χ4v) is 1.86. The number of nitrogens with zero attached hydrogens (tertiary/aromatic N) is 2. The van der Waals surface area contributed by atoms with Gasteiger partial charge in [-0.05, 0) is 30.2 Å². The van der Waals surface area contributed by atoms with Crippen LogP contribution in [-0.2, 0) is 20.1 Å². The first-order chi connectivity index (χ1) is 9.28. The molecule has 19 heavy (non-hydrogen) atoms. The fourth-order valence-electron chi connectivity index (χ4n) is 1.86. The van der Waals surface area contributed by atoms with Crippen molar-refractivity contribution < 1.29 is 4.74 Å². The molecule has 4 heteroatoms. The highest BCUT2D eigenvalue weighted by atomic mass is 16.5. The summed E-state index contributed by atoms with van der Waals surface area (Å²) in [5.41, 5.74) is 2.28. The highest BCUT2D eigenvalue weighted by molar-refractivity contribution is 5.28. The van der Waals surface area contributed by atoms with Crippen LogP contribution in [0.5, 0.6) is 5.75 Å². The van der Waals surface area contributed by atoms with Crippen LogP contribution in [0.1, 0.15) is 24.6 Å². The summed E-state index contributed by atoms with van der Waals surface area (Å²) >= 11 is 0. The highest BCUT2D eigenvalue weighted by Crippen LogP contribution is 2.13. The monoisotopic (exact) mass is 259 g/mol. The van der Waals surface area contributed by atoms with Crippen LogP contribution in [0.3, 0.4) is 0 Å². The van der Waals surface area contributed by atoms with Crippen LogP contribution in [0.2, 0.25) is 0 Å². The molecule has 0 fully saturated rings. The molecule has 0 aliphatic rings. The largest absolute Gasteiger partial charge is 0.494 e. The van der Waals surface area contributed by atoms with Gasteiger partial charge in [0.25, 0.3) is 0 Å². The summed E-state index contributed by atoms with van der Waals surface area (Å²) in [4.78, 5) is 0. The van der Waals surface area contributed by atoms with Crippen molar-refractivity contribution >= 4 is 0 Å². The molecule has 1 aromatic heterocycles. The summed E-state index contributed by atoms with van der Waals surface area (Å²) in [5, 5.41) is 7.71. The Hall–Kier alpha value is -1.81. The molecule has 1 aromatic carbocycles. The molecule has 0 unspecified atom stereocenters. The molecule has 0 saturated heterocycles. The summed E-state index contributed by atoms with van der Waals surface area (Å²) in [6.07, 6.45) is 2.98. The van der Waals surface area contributed by atoms with Gasteiger partial charge < -0.3 is 10.1 Å². The molecule has 1 N–H and O–H groups in total. The molecule has 0 radical (unpaired) electrons. The zero-order valence-corrected chi connectivity index (χ0v) is 11.6. The van der Waals surface area contributed by atoms with Gasteiger partial charge in [0.1, 0.15) is 5.75 Å². The van der Waals surface area contributed by atoms with Gasteiger partial charge in [-0.15, -0.1) is 0 Å². The second-order valence-corrected chi connectivity index (χ2v) is 4.58. The van der Waals surface area contributed by atoms with Gasteiger partial charge in [-0.1, -0.05) is 19.1 Å². The number of hydrogen-bond acceptors (Lipinski definition) is 3. The SMILES string of the molecule is CCCOc1cccc(CNCc2ccn(C)n2)c1. The van der Waals surface area contributed by atoms with Gasteiger partial charge in [-0.25, -0.2) is 0 Å². The average molecular weight is 259 g/mol. The lowest BCUT2D eigenvalue weighted by Crippen LogP contribution is -2.13. The van der Waals surface area contributed by atoms with E-state index >= 15 is 0 Å². The maximum Gasteiger partial charge on any atom is 0.119 e. The molecule has 2 aromatic rings. The van der Waals surface area contributed by atoms with Crippen molar-refractivity contribution in [3.63, 3.8) is 0 Å². The molecular formula is C15H21N3O. The van der Waals surface area contributed by atoms with Crippen molar-refractivity contribution in [1.29, 1.82) is 0 Å². The lowest BCUT2D eigenvalue weighted by Gasteiger charge is -2.07. The van der Waals surface area contributed by atoms with Gasteiger partial charge in [-0.2, -0.15) is 5.10 Å². The molecule has 0 amide bonds. The maximum atomic E-state index is 5.62. The van der Waals surface area contributed by atoms with Crippen molar-refractivity contribution in [2.45, 2.75) is 26.4 Å². The predicted octanol–water partition coefficient (Wildman–Crippen LogP) is 2.50. The van der Waals surface area contributed by atoms with E-state index in [-0.39, 0.29) is 0 Å². The van der Waals surface area contributed by atoms with E-state index in [1.807, 2.05) is 36.1 Å². The lowest BCUT2D eigenvalue weighted by atomic mass is 10.2. The van der Waals surface area contributed by atoms with E-state index in [2.05, 4.69) is 29.5 Å². The molecule has 0 spiro atoms. The Bertz CT molecular complexity index is 508. The van der Waals surface area contributed by atoms with Gasteiger partial charge in [0.05, 0.1) is 12.3 Å². The Labute approximate surface area is 114 Å². The van der Waals surface area contributed by atoms with E-state index in [1.165, 1.54) is 5.56 Å². The lowest BCUT2D eigenvalue weighted by molar-refractivity contribution is 0.317. The number of benzene rings is 1. The Morgan fingerprint density at radius 2 is 2.16 bits per heavy atom. The van der Waals surface area contributed by atoms with Crippen molar-refractivity contribution in [3.8, 4) is 5.75 Å². The van der Waals surface area contributed by atoms with Gasteiger partial charge in [0.2, 0.25) is 0 Å². The van der Waals surface area contributed by atoms with E-state index < -0.39 is 0 Å². The quantitative estimate of drug-likeness (QED) is 0.830. The van der Waals surface area contributed by atoms with Crippen molar-refractivity contribution in [2.75, 3.05) is 6.61 Å². The molecule has 0 saturated carbocycles. The summed E-state index contributed by atoms with van der Waals surface area (Å²) in [5.74, 6) is 0.944. The van der Waals surface area contributed by atoms with Crippen LogP contribution >= 0.6 is 0 Å². The molecule has 0 aliphatic carbocycles. The normalized spacial score (nSPS) is 10.6. The molecule has 0 atom stereocenters. The van der Waals surface area contributed by atoms with E-state index in [0.29, 0.717) is 0 Å². The average Bonchev–Trinajstić information content (AvgIpc) is 2.83. The Balaban J connectivity index is 1.82. The highest BCUT2D eigenvalue weighted by Gasteiger charge is 1.99. The summed E-state index contributed by atoms with van der Waals surface area (Å²) in [6, 6.07) is 10.2. The van der Waals surface area contributed by atoms with E-state index in [4.69, 9.17) is 4.74 Å². The van der Waals surface area contributed by atoms with E-state index in [0.717, 1.165) is 37.6 Å². The van der Waals surface area contributed by atoms with Crippen LogP contribution in [0.15, 0.2) is 36.5 Å². The Morgan fingerprint density at radius 3 is 2.89 bits per heavy atom. The number of hydrogen-bond donors (Lipinski definition) is 1. The smallest absolute Gasteiger partial charge is 0.119 e. The van der Waals surface area contributed by atoms with E-state index in [1.54, 1.807) is 0 Å². The minimum atomic E-state index is 0.769. The molecule has 2 rings (SSSR count). The fraction of sp³-hybridized carbons (Fsp3) is 0.400. The first kappa shape index (κ1) is 13.6. The summed E-state index contributed by atoms with van der Waals surface area (Å²) in [7, 11) is 1.93. The zero-order valence-electron chi connectivity index (χ0n) is 11.6. The third kappa shape index (κ3) is 4.41. The summed E-state index contributed by atoms with van der Waals surface area (Å²) in [6.45, 7) is 4.48. The number of aromatic nitrogens is 2. The molecule has 0 bridgehead atoms. The maximum absolute atomic E-state index is 5.62. The van der Waals surface area contributed by atoms with Crippen molar-refractivity contribution in [1.82, 2.24) is 15.1 Å². The van der Waals surface area contributed by atoms with Crippen LogP contribution < -0.4 is 10.1 Å². The van der Waals surface area contributed by atoms with Gasteiger partial charge in [0, 0.05) is 26.3 Å². The van der Waals surface area contributed by atoms with Crippen molar-refractivity contribution in [2.24, 2.45) is 7.05 Å². The standard InChI is InChI=1S/C15H21N3O/c1-3-9-19-15-6-4-5-13(10-15)11-16-12-14-7-8-18(2)17-14/h4-8,10,16H,3,9,11-12H2,1-2H3. The second kappa shape index (κ2) is 6.95. The first-order valence-electron chi connectivity index (χ1n) is 6.69. The number of ether oxygens (including phenoxy) is 1. The van der Waals surface area contributed by atoms with E-state index in [9.17, 15) is 0 Å². The number of nitrogens with one attached hydrogen (secondary N) is 1.